The quantitative estimate of drug-likeness (QED) is 0.200. The summed E-state index contributed by atoms with van der Waals surface area (Å²) >= 11 is 0. The Morgan fingerprint density at radius 2 is 1.18 bits per heavy atom. The number of rotatable bonds is 17. The van der Waals surface area contributed by atoms with Gasteiger partial charge in [-0.15, -0.1) is 0 Å². The fourth-order valence-corrected chi connectivity index (χ4v) is 2.87. The summed E-state index contributed by atoms with van der Waals surface area (Å²) in [7, 11) is 0. The Kier molecular flexibility index (Phi) is 18.5. The van der Waals surface area contributed by atoms with E-state index in [0.29, 0.717) is 6.10 Å². The van der Waals surface area contributed by atoms with Crippen molar-refractivity contribution in [3.05, 3.63) is 12.2 Å². The van der Waals surface area contributed by atoms with Crippen LogP contribution in [0.3, 0.4) is 0 Å². The topological polar surface area (TPSA) is 9.23 Å². The molecule has 0 aliphatic rings. The highest BCUT2D eigenvalue weighted by Gasteiger charge is 1.98. The summed E-state index contributed by atoms with van der Waals surface area (Å²) in [6.45, 7) is 7.37. The van der Waals surface area contributed by atoms with Gasteiger partial charge >= 0.3 is 0 Å². The first-order chi connectivity index (χ1) is 10.8. The Balaban J connectivity index is 3.18. The third-order valence-electron chi connectivity index (χ3n) is 4.36. The average Bonchev–Trinajstić information content (AvgIpc) is 2.54. The Labute approximate surface area is 140 Å². The van der Waals surface area contributed by atoms with Crippen molar-refractivity contribution in [3.8, 4) is 0 Å². The molecule has 0 fully saturated rings. The van der Waals surface area contributed by atoms with Crippen LogP contribution in [0.25, 0.3) is 0 Å². The number of hydrogen-bond acceptors (Lipinski definition) is 1. The van der Waals surface area contributed by atoms with Gasteiger partial charge in [-0.2, -0.15) is 0 Å². The standard InChI is InChI=1S/C21H42O/c1-4-7-8-9-10-11-12-13-14-15-16-17-18-19-20-21(5-2)22-6-3/h19-21H,4-18H2,1-3H3. The molecule has 22 heavy (non-hydrogen) atoms. The number of hydrogen-bond donors (Lipinski definition) is 0. The minimum atomic E-state index is 0.335. The molecule has 0 saturated carbocycles. The predicted octanol–water partition coefficient (Wildman–Crippen LogP) is 7.45. The second kappa shape index (κ2) is 18.7. The Bertz CT molecular complexity index is 222. The molecular formula is C21H42O. The molecule has 0 aromatic rings. The van der Waals surface area contributed by atoms with Crippen molar-refractivity contribution < 1.29 is 4.74 Å². The van der Waals surface area contributed by atoms with Gasteiger partial charge in [-0.1, -0.05) is 96.6 Å². The van der Waals surface area contributed by atoms with E-state index < -0.39 is 0 Å². The van der Waals surface area contributed by atoms with E-state index in [-0.39, 0.29) is 0 Å². The van der Waals surface area contributed by atoms with Gasteiger partial charge in [0, 0.05) is 6.61 Å². The molecule has 0 saturated heterocycles. The molecule has 0 rings (SSSR count). The van der Waals surface area contributed by atoms with E-state index in [1.54, 1.807) is 0 Å². The van der Waals surface area contributed by atoms with Crippen molar-refractivity contribution in [2.24, 2.45) is 0 Å². The zero-order chi connectivity index (χ0) is 16.3. The SMILES string of the molecule is CCCCCCCCCCCCCCC=CC(CC)OCC. The third kappa shape index (κ3) is 16.1. The molecule has 132 valence electrons. The van der Waals surface area contributed by atoms with Gasteiger partial charge in [-0.25, -0.2) is 0 Å². The molecule has 1 unspecified atom stereocenters. The van der Waals surface area contributed by atoms with Crippen LogP contribution in [0.5, 0.6) is 0 Å². The smallest absolute Gasteiger partial charge is 0.0753 e. The molecule has 0 bridgehead atoms. The van der Waals surface area contributed by atoms with Crippen molar-refractivity contribution in [1.82, 2.24) is 0 Å². The Morgan fingerprint density at radius 3 is 1.64 bits per heavy atom. The molecule has 1 atom stereocenters. The lowest BCUT2D eigenvalue weighted by atomic mass is 10.0. The van der Waals surface area contributed by atoms with Gasteiger partial charge in [-0.3, -0.25) is 0 Å². The van der Waals surface area contributed by atoms with E-state index in [1.165, 1.54) is 83.5 Å². The van der Waals surface area contributed by atoms with Gasteiger partial charge in [0.25, 0.3) is 0 Å². The molecule has 0 heterocycles. The zero-order valence-corrected chi connectivity index (χ0v) is 15.7. The maximum absolute atomic E-state index is 5.62. The summed E-state index contributed by atoms with van der Waals surface area (Å²) in [6, 6.07) is 0. The number of ether oxygens (including phenoxy) is 1. The first-order valence-corrected chi connectivity index (χ1v) is 10.1. The fraction of sp³-hybridized carbons (Fsp3) is 0.905. The van der Waals surface area contributed by atoms with Crippen LogP contribution in [0.1, 0.15) is 111 Å². The summed E-state index contributed by atoms with van der Waals surface area (Å²) in [5.41, 5.74) is 0. The first kappa shape index (κ1) is 21.7. The summed E-state index contributed by atoms with van der Waals surface area (Å²) in [5.74, 6) is 0. The van der Waals surface area contributed by atoms with E-state index in [2.05, 4.69) is 32.9 Å². The minimum Gasteiger partial charge on any atom is -0.374 e. The minimum absolute atomic E-state index is 0.335. The largest absolute Gasteiger partial charge is 0.374 e. The summed E-state index contributed by atoms with van der Waals surface area (Å²) < 4.78 is 5.62. The Morgan fingerprint density at radius 1 is 0.682 bits per heavy atom. The van der Waals surface area contributed by atoms with Gasteiger partial charge in [0.1, 0.15) is 0 Å². The van der Waals surface area contributed by atoms with Crippen LogP contribution < -0.4 is 0 Å². The molecule has 0 radical (unpaired) electrons. The van der Waals surface area contributed by atoms with Crippen molar-refractivity contribution in [2.75, 3.05) is 6.61 Å². The maximum Gasteiger partial charge on any atom is 0.0753 e. The highest BCUT2D eigenvalue weighted by Crippen LogP contribution is 2.12. The lowest BCUT2D eigenvalue weighted by molar-refractivity contribution is 0.0936. The summed E-state index contributed by atoms with van der Waals surface area (Å²) in [6.07, 6.45) is 24.3. The Hall–Kier alpha value is -0.300. The molecule has 0 N–H and O–H groups in total. The van der Waals surface area contributed by atoms with E-state index in [0.717, 1.165) is 13.0 Å². The van der Waals surface area contributed by atoms with Crippen LogP contribution >= 0.6 is 0 Å². The van der Waals surface area contributed by atoms with Crippen LogP contribution in [0.4, 0.5) is 0 Å². The highest BCUT2D eigenvalue weighted by atomic mass is 16.5. The van der Waals surface area contributed by atoms with Crippen molar-refractivity contribution in [1.29, 1.82) is 0 Å². The van der Waals surface area contributed by atoms with Crippen molar-refractivity contribution in [2.45, 2.75) is 117 Å². The third-order valence-corrected chi connectivity index (χ3v) is 4.36. The molecule has 0 aliphatic heterocycles. The number of allylic oxidation sites excluding steroid dienone is 1. The fourth-order valence-electron chi connectivity index (χ4n) is 2.87. The van der Waals surface area contributed by atoms with Gasteiger partial charge in [0.05, 0.1) is 6.10 Å². The molecule has 1 nitrogen and oxygen atoms in total. The molecular weight excluding hydrogens is 268 g/mol. The van der Waals surface area contributed by atoms with Gasteiger partial charge in [0.2, 0.25) is 0 Å². The molecule has 0 spiro atoms. The normalized spacial score (nSPS) is 13.0. The second-order valence-electron chi connectivity index (χ2n) is 6.51. The lowest BCUT2D eigenvalue weighted by Crippen LogP contribution is -2.07. The summed E-state index contributed by atoms with van der Waals surface area (Å²) in [4.78, 5) is 0. The van der Waals surface area contributed by atoms with Crippen LogP contribution in [0, 0.1) is 0 Å². The highest BCUT2D eigenvalue weighted by molar-refractivity contribution is 4.88. The van der Waals surface area contributed by atoms with Crippen molar-refractivity contribution in [3.63, 3.8) is 0 Å². The van der Waals surface area contributed by atoms with E-state index in [9.17, 15) is 0 Å². The second-order valence-corrected chi connectivity index (χ2v) is 6.51. The zero-order valence-electron chi connectivity index (χ0n) is 15.7. The average molecular weight is 311 g/mol. The van der Waals surface area contributed by atoms with Gasteiger partial charge in [0.15, 0.2) is 0 Å². The van der Waals surface area contributed by atoms with Gasteiger partial charge in [-0.05, 0) is 26.2 Å². The predicted molar refractivity (Wildman–Crippen MR) is 101 cm³/mol. The molecule has 0 aromatic heterocycles. The van der Waals surface area contributed by atoms with E-state index in [1.807, 2.05) is 0 Å². The first-order valence-electron chi connectivity index (χ1n) is 10.1. The van der Waals surface area contributed by atoms with E-state index in [4.69, 9.17) is 4.74 Å². The van der Waals surface area contributed by atoms with E-state index >= 15 is 0 Å². The molecule has 1 heteroatoms. The summed E-state index contributed by atoms with van der Waals surface area (Å²) in [5, 5.41) is 0. The number of unbranched alkanes of at least 4 members (excludes halogenated alkanes) is 12. The lowest BCUT2D eigenvalue weighted by Gasteiger charge is -2.09. The molecule has 0 aromatic carbocycles. The van der Waals surface area contributed by atoms with Crippen LogP contribution in [0.2, 0.25) is 0 Å². The van der Waals surface area contributed by atoms with Gasteiger partial charge < -0.3 is 4.74 Å². The van der Waals surface area contributed by atoms with Crippen LogP contribution in [-0.2, 0) is 4.74 Å². The molecule has 0 amide bonds. The van der Waals surface area contributed by atoms with Crippen LogP contribution in [0.15, 0.2) is 12.2 Å². The monoisotopic (exact) mass is 310 g/mol. The maximum atomic E-state index is 5.62. The van der Waals surface area contributed by atoms with Crippen LogP contribution in [-0.4, -0.2) is 12.7 Å². The molecule has 0 aliphatic carbocycles. The van der Waals surface area contributed by atoms with Crippen molar-refractivity contribution >= 4 is 0 Å².